The van der Waals surface area contributed by atoms with Crippen LogP contribution in [0.1, 0.15) is 154 Å². The van der Waals surface area contributed by atoms with E-state index in [1.165, 1.54) is 61.2 Å². The van der Waals surface area contributed by atoms with Gasteiger partial charge in [0.25, 0.3) is 0 Å². The molecule has 1 spiro atoms. The molecule has 0 atom stereocenters. The molecule has 6 aromatic carbocycles. The van der Waals surface area contributed by atoms with Crippen molar-refractivity contribution in [3.05, 3.63) is 178 Å². The predicted molar refractivity (Wildman–Crippen MR) is 284 cm³/mol. The first-order valence-corrected chi connectivity index (χ1v) is 24.8. The van der Waals surface area contributed by atoms with Crippen molar-refractivity contribution >= 4 is 32.8 Å². The van der Waals surface area contributed by atoms with E-state index < -0.39 is 5.41 Å². The van der Waals surface area contributed by atoms with E-state index in [-0.39, 0.29) is 48.1 Å². The van der Waals surface area contributed by atoms with E-state index in [1.54, 1.807) is 0 Å². The van der Waals surface area contributed by atoms with Crippen molar-refractivity contribution in [1.82, 2.24) is 14.1 Å². The molecule has 0 bridgehead atoms. The van der Waals surface area contributed by atoms with Crippen LogP contribution in [0.5, 0.6) is 11.5 Å². The maximum Gasteiger partial charge on any atom is 0.242 e. The van der Waals surface area contributed by atoms with Gasteiger partial charge in [0.15, 0.2) is 0 Å². The molecule has 5 nitrogen and oxygen atoms in total. The van der Waals surface area contributed by atoms with Crippen LogP contribution in [0.2, 0.25) is 0 Å². The van der Waals surface area contributed by atoms with E-state index in [2.05, 4.69) is 240 Å². The number of hydrogen-bond donors (Lipinski definition) is 0. The van der Waals surface area contributed by atoms with Crippen molar-refractivity contribution in [3.63, 3.8) is 0 Å². The topological polar surface area (TPSA) is 35.9 Å². The first-order valence-electron chi connectivity index (χ1n) is 24.8. The molecule has 0 saturated heterocycles. The molecule has 6 heteroatoms. The van der Waals surface area contributed by atoms with E-state index >= 15 is 0 Å². The summed E-state index contributed by atoms with van der Waals surface area (Å²) in [5.74, 6) is 2.08. The van der Waals surface area contributed by atoms with Gasteiger partial charge in [-0.25, -0.2) is 4.98 Å². The van der Waals surface area contributed by atoms with Gasteiger partial charge in [-0.1, -0.05) is 176 Å². The third-order valence-corrected chi connectivity index (χ3v) is 15.1. The van der Waals surface area contributed by atoms with Gasteiger partial charge in [-0.2, -0.15) is 12.1 Å². The molecule has 0 radical (unpaired) electrons. The van der Waals surface area contributed by atoms with Gasteiger partial charge in [-0.15, -0.1) is 35.2 Å². The van der Waals surface area contributed by atoms with Crippen molar-refractivity contribution in [3.8, 4) is 34.1 Å². The summed E-state index contributed by atoms with van der Waals surface area (Å²) in [6, 6.07) is 46.2. The molecule has 9 aromatic rings. The molecule has 70 heavy (non-hydrogen) atoms. The van der Waals surface area contributed by atoms with Gasteiger partial charge < -0.3 is 18.4 Å². The number of nitrogens with zero attached hydrogens (tertiary/aromatic N) is 4. The third kappa shape index (κ3) is 7.10. The summed E-state index contributed by atoms with van der Waals surface area (Å²) in [6.45, 7) is 35.2. The van der Waals surface area contributed by atoms with Crippen LogP contribution in [0, 0.1) is 18.5 Å². The Labute approximate surface area is 430 Å². The summed E-state index contributed by atoms with van der Waals surface area (Å²) in [5, 5.41) is 2.24. The molecule has 0 unspecified atom stereocenters. The summed E-state index contributed by atoms with van der Waals surface area (Å²) < 4.78 is 13.6. The molecule has 1 aliphatic heterocycles. The van der Waals surface area contributed by atoms with Crippen LogP contribution in [-0.4, -0.2) is 14.1 Å². The summed E-state index contributed by atoms with van der Waals surface area (Å²) >= 11 is 0. The summed E-state index contributed by atoms with van der Waals surface area (Å²) in [7, 11) is 2.11. The zero-order valence-electron chi connectivity index (χ0n) is 43.9. The third-order valence-electron chi connectivity index (χ3n) is 15.1. The number of aryl methyl sites for hydroxylation is 1. The number of benzene rings is 6. The van der Waals surface area contributed by atoms with E-state index in [0.717, 1.165) is 44.3 Å². The largest absolute Gasteiger partial charge is 0.510 e. The first-order chi connectivity index (χ1) is 32.3. The van der Waals surface area contributed by atoms with Crippen LogP contribution < -0.4 is 9.30 Å². The standard InChI is InChI=1S/C64H66N4O.Pt/c1-59(2,3)38-28-29-65-55(34-38)68-51-22-18-17-20-43(51)44-26-24-41(35-53(44)68)69-42-25-27-47-54(36-42)67-37-66(16)52-23-19-21-48(58(52)67)64(47)56-45(30-39(60(4,5)6)32-49(56)62(10,11)12)46-31-40(61(7,8)9)33-50(57(46)64)63(13,14)15;/h17-34H,1-16H3;/q-2;. The smallest absolute Gasteiger partial charge is 0.242 e. The fourth-order valence-electron chi connectivity index (χ4n) is 11.4. The SMILES string of the molecule is C[n+]1[c-]n2c3c(cccc31)C1(c3ccc(Oc4[c-]c5c(cc4)c4ccccc4n5-c4cc(C(C)(C)C)ccn4)[c-]c3-2)c2c(cc(C(C)(C)C)cc2C(C)(C)C)-c2cc(C(C)(C)C)cc(C(C)(C)C)c21.[Pt]. The average molecular weight is 1100 g/mol. The van der Waals surface area contributed by atoms with Crippen LogP contribution in [-0.2, 0) is 60.6 Å². The molecular weight excluding hydrogens is 1040 g/mol. The van der Waals surface area contributed by atoms with Crippen LogP contribution >= 0.6 is 0 Å². The van der Waals surface area contributed by atoms with Crippen LogP contribution in [0.15, 0.2) is 109 Å². The van der Waals surface area contributed by atoms with Crippen molar-refractivity contribution in [2.45, 2.75) is 136 Å². The first kappa shape index (κ1) is 47.9. The van der Waals surface area contributed by atoms with Gasteiger partial charge >= 0.3 is 0 Å². The van der Waals surface area contributed by atoms with Gasteiger partial charge in [-0.3, -0.25) is 0 Å². The Morgan fingerprint density at radius 3 is 1.74 bits per heavy atom. The minimum absolute atomic E-state index is 0. The monoisotopic (exact) mass is 1100 g/mol. The number of rotatable bonds is 3. The van der Waals surface area contributed by atoms with Crippen LogP contribution in [0.3, 0.4) is 0 Å². The molecule has 0 N–H and O–H groups in total. The van der Waals surface area contributed by atoms with Crippen molar-refractivity contribution < 1.29 is 30.4 Å². The zero-order valence-corrected chi connectivity index (χ0v) is 46.2. The second-order valence-corrected chi connectivity index (χ2v) is 25.1. The molecule has 1 aliphatic carbocycles. The number of para-hydroxylation sites is 2. The maximum atomic E-state index is 6.98. The molecule has 4 heterocycles. The Balaban J connectivity index is 0.00000567. The number of hydrogen-bond acceptors (Lipinski definition) is 2. The quantitative estimate of drug-likeness (QED) is 0.131. The molecule has 0 amide bonds. The number of imidazole rings is 1. The van der Waals surface area contributed by atoms with Gasteiger partial charge in [0.1, 0.15) is 5.82 Å². The average Bonchev–Trinajstić information content (AvgIpc) is 3.89. The number of ether oxygens (including phenoxy) is 1. The van der Waals surface area contributed by atoms with E-state index in [4.69, 9.17) is 9.72 Å². The minimum Gasteiger partial charge on any atom is -0.510 e. The van der Waals surface area contributed by atoms with Crippen LogP contribution in [0.25, 0.3) is 55.5 Å². The second-order valence-electron chi connectivity index (χ2n) is 25.1. The van der Waals surface area contributed by atoms with E-state index in [9.17, 15) is 0 Å². The van der Waals surface area contributed by atoms with Crippen molar-refractivity contribution in [1.29, 1.82) is 0 Å². The Morgan fingerprint density at radius 1 is 0.557 bits per heavy atom. The molecule has 0 saturated carbocycles. The summed E-state index contributed by atoms with van der Waals surface area (Å²) in [5.41, 5.74) is 18.5. The second kappa shape index (κ2) is 15.6. The number of fused-ring (bicyclic) bond motifs is 12. The zero-order chi connectivity index (χ0) is 49.1. The summed E-state index contributed by atoms with van der Waals surface area (Å²) in [6.07, 6.45) is 5.67. The van der Waals surface area contributed by atoms with E-state index in [1.807, 2.05) is 12.3 Å². The Bertz CT molecular complexity index is 3540. The van der Waals surface area contributed by atoms with Gasteiger partial charge in [0, 0.05) is 49.7 Å². The van der Waals surface area contributed by atoms with Crippen molar-refractivity contribution in [2.24, 2.45) is 7.05 Å². The maximum absolute atomic E-state index is 6.98. The van der Waals surface area contributed by atoms with E-state index in [0.29, 0.717) is 11.5 Å². The predicted octanol–water partition coefficient (Wildman–Crippen LogP) is 15.3. The Hall–Kier alpha value is -5.77. The van der Waals surface area contributed by atoms with Gasteiger partial charge in [-0.05, 0) is 106 Å². The Kier molecular flexibility index (Phi) is 10.7. The fourth-order valence-corrected chi connectivity index (χ4v) is 11.4. The molecule has 11 rings (SSSR count). The summed E-state index contributed by atoms with van der Waals surface area (Å²) in [4.78, 5) is 4.93. The van der Waals surface area contributed by atoms with Gasteiger partial charge in [0.05, 0.1) is 18.1 Å². The van der Waals surface area contributed by atoms with Crippen molar-refractivity contribution in [2.75, 3.05) is 0 Å². The fraction of sp³-hybridized carbons (Fsp3) is 0.344. The van der Waals surface area contributed by atoms with Crippen LogP contribution in [0.4, 0.5) is 0 Å². The molecule has 0 fully saturated rings. The minimum atomic E-state index is -0.692. The number of pyridine rings is 1. The Morgan fingerprint density at radius 2 is 1.14 bits per heavy atom. The normalized spacial score (nSPS) is 14.3. The molecule has 2 aliphatic rings. The molecule has 360 valence electrons. The molecular formula is C64H66N4OPt-2. The molecule has 3 aromatic heterocycles. The van der Waals surface area contributed by atoms with Gasteiger partial charge in [0.2, 0.25) is 6.33 Å². The number of aromatic nitrogens is 4.